The lowest BCUT2D eigenvalue weighted by Crippen LogP contribution is -2.46. The lowest BCUT2D eigenvalue weighted by molar-refractivity contribution is -0.147. The maximum Gasteiger partial charge on any atom is 0.309 e. The number of carbonyl (C=O) groups is 3. The van der Waals surface area contributed by atoms with E-state index < -0.39 is 11.4 Å². The lowest BCUT2D eigenvalue weighted by Gasteiger charge is -2.32. The van der Waals surface area contributed by atoms with Crippen LogP contribution in [-0.2, 0) is 9.59 Å². The Morgan fingerprint density at radius 3 is 2.54 bits per heavy atom. The quantitative estimate of drug-likeness (QED) is 0.794. The number of hydrogen-bond donors (Lipinski definition) is 2. The third-order valence-electron chi connectivity index (χ3n) is 4.80. The molecular formula is C19H25ClN2O4. The molecule has 2 N–H and O–H groups in total. The van der Waals surface area contributed by atoms with E-state index in [9.17, 15) is 14.4 Å². The van der Waals surface area contributed by atoms with Gasteiger partial charge in [-0.15, -0.1) is 0 Å². The first-order chi connectivity index (χ1) is 12.2. The zero-order valence-corrected chi connectivity index (χ0v) is 15.9. The number of rotatable bonds is 6. The predicted octanol–water partition coefficient (Wildman–Crippen LogP) is 2.81. The largest absolute Gasteiger partial charge is 0.481 e. The van der Waals surface area contributed by atoms with Crippen LogP contribution in [0.25, 0.3) is 0 Å². The Balaban J connectivity index is 1.89. The van der Waals surface area contributed by atoms with Gasteiger partial charge >= 0.3 is 5.97 Å². The summed E-state index contributed by atoms with van der Waals surface area (Å²) >= 11 is 5.85. The van der Waals surface area contributed by atoms with Crippen molar-refractivity contribution in [2.24, 2.45) is 11.3 Å². The summed E-state index contributed by atoms with van der Waals surface area (Å²) in [6.45, 7) is 4.57. The van der Waals surface area contributed by atoms with Crippen molar-refractivity contribution in [2.45, 2.75) is 33.1 Å². The molecule has 0 aromatic heterocycles. The summed E-state index contributed by atoms with van der Waals surface area (Å²) < 4.78 is 0. The normalized spacial score (nSPS) is 17.7. The zero-order chi connectivity index (χ0) is 19.3. The fraction of sp³-hybridized carbons (Fsp3) is 0.526. The average Bonchev–Trinajstić information content (AvgIpc) is 2.61. The van der Waals surface area contributed by atoms with Crippen molar-refractivity contribution >= 4 is 29.4 Å². The van der Waals surface area contributed by atoms with E-state index in [1.54, 1.807) is 43.0 Å². The number of carboxylic acid groups (broad SMARTS) is 1. The third kappa shape index (κ3) is 5.21. The highest BCUT2D eigenvalue weighted by Gasteiger charge is 2.30. The highest BCUT2D eigenvalue weighted by Crippen LogP contribution is 2.21. The van der Waals surface area contributed by atoms with Crippen LogP contribution in [0.15, 0.2) is 24.3 Å². The zero-order valence-electron chi connectivity index (χ0n) is 15.1. The maximum absolute atomic E-state index is 12.6. The summed E-state index contributed by atoms with van der Waals surface area (Å²) in [6.07, 6.45) is 1.84. The Bertz CT molecular complexity index is 673. The van der Waals surface area contributed by atoms with Gasteiger partial charge in [0.15, 0.2) is 0 Å². The minimum Gasteiger partial charge on any atom is -0.481 e. The molecule has 7 heteroatoms. The minimum absolute atomic E-state index is 0.105. The number of carboxylic acids is 1. The summed E-state index contributed by atoms with van der Waals surface area (Å²) in [6, 6.07) is 6.71. The fourth-order valence-electron chi connectivity index (χ4n) is 2.90. The van der Waals surface area contributed by atoms with Gasteiger partial charge in [0, 0.05) is 30.2 Å². The number of benzene rings is 1. The van der Waals surface area contributed by atoms with Gasteiger partial charge in [0.1, 0.15) is 0 Å². The molecule has 1 saturated heterocycles. The second kappa shape index (κ2) is 8.54. The number of carbonyl (C=O) groups excluding carboxylic acids is 2. The van der Waals surface area contributed by atoms with Crippen LogP contribution in [0.1, 0.15) is 43.5 Å². The molecule has 1 atom stereocenters. The van der Waals surface area contributed by atoms with Crippen LogP contribution >= 0.6 is 11.6 Å². The summed E-state index contributed by atoms with van der Waals surface area (Å²) in [7, 11) is 0. The monoisotopic (exact) mass is 380 g/mol. The Morgan fingerprint density at radius 1 is 1.27 bits per heavy atom. The fourth-order valence-corrected chi connectivity index (χ4v) is 3.03. The molecule has 2 amide bonds. The number of nitrogens with one attached hydrogen (secondary N) is 1. The smallest absolute Gasteiger partial charge is 0.309 e. The first kappa shape index (κ1) is 20.2. The van der Waals surface area contributed by atoms with Gasteiger partial charge in [0.05, 0.1) is 11.3 Å². The number of hydrogen-bond acceptors (Lipinski definition) is 3. The molecule has 0 aliphatic carbocycles. The molecule has 0 radical (unpaired) electrons. The standard InChI is InChI=1S/C19H25ClN2O4/c1-19(2,18(25)26)9-10-21-16(23)14-4-3-11-22(12-14)17(24)13-5-7-15(20)8-6-13/h5-8,14H,3-4,9-12H2,1-2H3,(H,21,23)(H,25,26). The Morgan fingerprint density at radius 2 is 1.92 bits per heavy atom. The van der Waals surface area contributed by atoms with Gasteiger partial charge in [-0.1, -0.05) is 11.6 Å². The van der Waals surface area contributed by atoms with Gasteiger partial charge in [0.2, 0.25) is 5.91 Å². The topological polar surface area (TPSA) is 86.7 Å². The van der Waals surface area contributed by atoms with E-state index in [4.69, 9.17) is 16.7 Å². The highest BCUT2D eigenvalue weighted by molar-refractivity contribution is 6.30. The number of amides is 2. The molecule has 0 spiro atoms. The van der Waals surface area contributed by atoms with Crippen LogP contribution in [0, 0.1) is 11.3 Å². The first-order valence-electron chi connectivity index (χ1n) is 8.76. The molecule has 1 aliphatic rings. The van der Waals surface area contributed by atoms with Crippen molar-refractivity contribution < 1.29 is 19.5 Å². The molecule has 1 fully saturated rings. The molecule has 0 saturated carbocycles. The molecule has 1 aromatic carbocycles. The van der Waals surface area contributed by atoms with E-state index in [0.717, 1.165) is 12.8 Å². The van der Waals surface area contributed by atoms with Crippen LogP contribution in [-0.4, -0.2) is 47.4 Å². The van der Waals surface area contributed by atoms with E-state index >= 15 is 0 Å². The van der Waals surface area contributed by atoms with Crippen molar-refractivity contribution in [3.05, 3.63) is 34.9 Å². The van der Waals surface area contributed by atoms with Crippen LogP contribution in [0.2, 0.25) is 5.02 Å². The molecule has 1 heterocycles. The Labute approximate surface area is 158 Å². The number of nitrogens with zero attached hydrogens (tertiary/aromatic N) is 1. The van der Waals surface area contributed by atoms with E-state index in [0.29, 0.717) is 36.6 Å². The summed E-state index contributed by atoms with van der Waals surface area (Å²) in [5.74, 6) is -1.39. The minimum atomic E-state index is -0.885. The Hall–Kier alpha value is -2.08. The summed E-state index contributed by atoms with van der Waals surface area (Å²) in [4.78, 5) is 37.8. The van der Waals surface area contributed by atoms with Crippen molar-refractivity contribution in [2.75, 3.05) is 19.6 Å². The van der Waals surface area contributed by atoms with Gasteiger partial charge in [-0.2, -0.15) is 0 Å². The Kier molecular flexibility index (Phi) is 6.64. The van der Waals surface area contributed by atoms with Gasteiger partial charge in [0.25, 0.3) is 5.91 Å². The molecule has 26 heavy (non-hydrogen) atoms. The first-order valence-corrected chi connectivity index (χ1v) is 9.14. The van der Waals surface area contributed by atoms with Gasteiger partial charge in [-0.05, 0) is 57.4 Å². The van der Waals surface area contributed by atoms with E-state index in [2.05, 4.69) is 5.32 Å². The van der Waals surface area contributed by atoms with Crippen molar-refractivity contribution in [1.82, 2.24) is 10.2 Å². The molecule has 142 valence electrons. The van der Waals surface area contributed by atoms with Gasteiger partial charge < -0.3 is 15.3 Å². The molecule has 6 nitrogen and oxygen atoms in total. The molecule has 1 aliphatic heterocycles. The summed E-state index contributed by atoms with van der Waals surface area (Å²) in [5.41, 5.74) is -0.324. The predicted molar refractivity (Wildman–Crippen MR) is 99.1 cm³/mol. The highest BCUT2D eigenvalue weighted by atomic mass is 35.5. The van der Waals surface area contributed by atoms with E-state index in [-0.39, 0.29) is 17.7 Å². The lowest BCUT2D eigenvalue weighted by atomic mass is 9.89. The van der Waals surface area contributed by atoms with E-state index in [1.165, 1.54) is 0 Å². The van der Waals surface area contributed by atoms with Gasteiger partial charge in [-0.3, -0.25) is 14.4 Å². The second-order valence-electron chi connectivity index (χ2n) is 7.33. The molecule has 1 aromatic rings. The summed E-state index contributed by atoms with van der Waals surface area (Å²) in [5, 5.41) is 12.5. The van der Waals surface area contributed by atoms with Crippen molar-refractivity contribution in [1.29, 1.82) is 0 Å². The van der Waals surface area contributed by atoms with Gasteiger partial charge in [-0.25, -0.2) is 0 Å². The van der Waals surface area contributed by atoms with Crippen molar-refractivity contribution in [3.63, 3.8) is 0 Å². The van der Waals surface area contributed by atoms with Crippen LogP contribution < -0.4 is 5.32 Å². The SMILES string of the molecule is CC(C)(CCNC(=O)C1CCCN(C(=O)c2ccc(Cl)cc2)C1)C(=O)O. The molecule has 1 unspecified atom stereocenters. The number of likely N-dealkylation sites (tertiary alicyclic amines) is 1. The molecular weight excluding hydrogens is 356 g/mol. The average molecular weight is 381 g/mol. The second-order valence-corrected chi connectivity index (χ2v) is 7.76. The molecule has 0 bridgehead atoms. The third-order valence-corrected chi connectivity index (χ3v) is 5.05. The number of aliphatic carboxylic acids is 1. The number of halogens is 1. The van der Waals surface area contributed by atoms with Crippen molar-refractivity contribution in [3.8, 4) is 0 Å². The van der Waals surface area contributed by atoms with E-state index in [1.807, 2.05) is 0 Å². The molecule has 2 rings (SSSR count). The van der Waals surface area contributed by atoms with Crippen LogP contribution in [0.3, 0.4) is 0 Å². The van der Waals surface area contributed by atoms with Crippen LogP contribution in [0.4, 0.5) is 0 Å². The number of piperidine rings is 1. The maximum atomic E-state index is 12.6. The van der Waals surface area contributed by atoms with Crippen LogP contribution in [0.5, 0.6) is 0 Å².